The number of hydrogen-bond acceptors (Lipinski definition) is 2. The molecule has 118 valence electrons. The van der Waals surface area contributed by atoms with E-state index in [0.29, 0.717) is 22.1 Å². The maximum atomic E-state index is 6.18. The van der Waals surface area contributed by atoms with Crippen molar-refractivity contribution in [3.05, 3.63) is 33.8 Å². The molecule has 1 heterocycles. The predicted molar refractivity (Wildman–Crippen MR) is 92.3 cm³/mol. The van der Waals surface area contributed by atoms with Crippen molar-refractivity contribution in [3.8, 4) is 0 Å². The number of hydrogen-bond donors (Lipinski definition) is 1. The predicted octanol–water partition coefficient (Wildman–Crippen LogP) is 4.76. The highest BCUT2D eigenvalue weighted by Gasteiger charge is 2.24. The van der Waals surface area contributed by atoms with Gasteiger partial charge in [-0.15, -0.1) is 0 Å². The van der Waals surface area contributed by atoms with Gasteiger partial charge in [-0.05, 0) is 70.3 Å². The summed E-state index contributed by atoms with van der Waals surface area (Å²) in [6, 6.07) is 6.88. The molecule has 0 radical (unpaired) electrons. The first-order valence-corrected chi connectivity index (χ1v) is 8.66. The van der Waals surface area contributed by atoms with E-state index < -0.39 is 0 Å². The molecule has 1 aliphatic rings. The highest BCUT2D eigenvalue weighted by atomic mass is 35.5. The lowest BCUT2D eigenvalue weighted by atomic mass is 9.95. The molecule has 2 rings (SSSR count). The van der Waals surface area contributed by atoms with Crippen molar-refractivity contribution in [2.45, 2.75) is 45.7 Å². The fourth-order valence-electron chi connectivity index (χ4n) is 3.14. The molecule has 4 heteroatoms. The molecule has 0 bridgehead atoms. The fraction of sp³-hybridized carbons (Fsp3) is 0.647. The van der Waals surface area contributed by atoms with Crippen molar-refractivity contribution >= 4 is 23.2 Å². The lowest BCUT2D eigenvalue weighted by Crippen LogP contribution is -2.40. The maximum Gasteiger partial charge on any atom is 0.0595 e. The van der Waals surface area contributed by atoms with Crippen LogP contribution in [0.2, 0.25) is 10.0 Å². The molecular weight excluding hydrogens is 303 g/mol. The minimum atomic E-state index is 0.356. The molecule has 1 aliphatic heterocycles. The summed E-state index contributed by atoms with van der Waals surface area (Å²) in [6.45, 7) is 10.3. The van der Waals surface area contributed by atoms with Gasteiger partial charge in [0.1, 0.15) is 0 Å². The summed E-state index contributed by atoms with van der Waals surface area (Å²) in [5, 5.41) is 4.71. The molecular formula is C17H26Cl2N2. The van der Waals surface area contributed by atoms with Gasteiger partial charge >= 0.3 is 0 Å². The van der Waals surface area contributed by atoms with Crippen LogP contribution in [0, 0.1) is 5.92 Å². The standard InChI is InChI=1S/C17H26Cl2N2/c1-12(2)21(11-14-6-8-20-9-7-14)13(3)15-4-5-16(18)17(19)10-15/h4-5,10,12-14,20H,6-9,11H2,1-3H3. The van der Waals surface area contributed by atoms with Crippen LogP contribution in [-0.4, -0.2) is 30.6 Å². The van der Waals surface area contributed by atoms with Crippen LogP contribution in [0.3, 0.4) is 0 Å². The van der Waals surface area contributed by atoms with Gasteiger partial charge in [-0.2, -0.15) is 0 Å². The Bertz CT molecular complexity index is 456. The van der Waals surface area contributed by atoms with Crippen LogP contribution in [-0.2, 0) is 0 Å². The summed E-state index contributed by atoms with van der Waals surface area (Å²) in [7, 11) is 0. The molecule has 2 nitrogen and oxygen atoms in total. The van der Waals surface area contributed by atoms with Gasteiger partial charge in [0.25, 0.3) is 0 Å². The minimum Gasteiger partial charge on any atom is -0.317 e. The van der Waals surface area contributed by atoms with Crippen LogP contribution in [0.1, 0.15) is 45.2 Å². The summed E-state index contributed by atoms with van der Waals surface area (Å²) in [6.07, 6.45) is 2.55. The second-order valence-electron chi connectivity index (χ2n) is 6.33. The van der Waals surface area contributed by atoms with E-state index in [1.807, 2.05) is 12.1 Å². The zero-order valence-electron chi connectivity index (χ0n) is 13.2. The lowest BCUT2D eigenvalue weighted by Gasteiger charge is -2.37. The van der Waals surface area contributed by atoms with Crippen molar-refractivity contribution in [1.82, 2.24) is 10.2 Å². The van der Waals surface area contributed by atoms with Crippen LogP contribution in [0.5, 0.6) is 0 Å². The van der Waals surface area contributed by atoms with Gasteiger partial charge in [0, 0.05) is 18.6 Å². The molecule has 1 saturated heterocycles. The first-order valence-electron chi connectivity index (χ1n) is 7.90. The molecule has 0 aliphatic carbocycles. The average Bonchev–Trinajstić information content (AvgIpc) is 2.47. The van der Waals surface area contributed by atoms with Crippen LogP contribution in [0.15, 0.2) is 18.2 Å². The Morgan fingerprint density at radius 2 is 1.81 bits per heavy atom. The third kappa shape index (κ3) is 4.59. The maximum absolute atomic E-state index is 6.18. The lowest BCUT2D eigenvalue weighted by molar-refractivity contribution is 0.125. The molecule has 1 fully saturated rings. The highest BCUT2D eigenvalue weighted by Crippen LogP contribution is 2.30. The van der Waals surface area contributed by atoms with Gasteiger partial charge in [-0.3, -0.25) is 4.90 Å². The number of benzene rings is 1. The topological polar surface area (TPSA) is 15.3 Å². The number of nitrogens with zero attached hydrogens (tertiary/aromatic N) is 1. The molecule has 1 aromatic rings. The Hall–Kier alpha value is -0.280. The van der Waals surface area contributed by atoms with Gasteiger partial charge < -0.3 is 5.32 Å². The van der Waals surface area contributed by atoms with Gasteiger partial charge in [0.2, 0.25) is 0 Å². The zero-order chi connectivity index (χ0) is 15.4. The van der Waals surface area contributed by atoms with E-state index in [9.17, 15) is 0 Å². The molecule has 21 heavy (non-hydrogen) atoms. The molecule has 0 saturated carbocycles. The van der Waals surface area contributed by atoms with Crippen molar-refractivity contribution in [3.63, 3.8) is 0 Å². The second-order valence-corrected chi connectivity index (χ2v) is 7.15. The van der Waals surface area contributed by atoms with Crippen LogP contribution in [0.4, 0.5) is 0 Å². The molecule has 1 aromatic carbocycles. The Kier molecular flexibility index (Phi) is 6.36. The molecule has 0 aromatic heterocycles. The Morgan fingerprint density at radius 1 is 1.14 bits per heavy atom. The Balaban J connectivity index is 2.10. The normalized spacial score (nSPS) is 18.4. The molecule has 1 N–H and O–H groups in total. The van der Waals surface area contributed by atoms with Crippen molar-refractivity contribution in [2.24, 2.45) is 5.92 Å². The largest absolute Gasteiger partial charge is 0.317 e. The second kappa shape index (κ2) is 7.82. The third-order valence-electron chi connectivity index (χ3n) is 4.51. The van der Waals surface area contributed by atoms with E-state index in [4.69, 9.17) is 23.2 Å². The van der Waals surface area contributed by atoms with E-state index in [1.54, 1.807) is 0 Å². The van der Waals surface area contributed by atoms with Gasteiger partial charge in [0.05, 0.1) is 10.0 Å². The van der Waals surface area contributed by atoms with E-state index in [1.165, 1.54) is 18.4 Å². The van der Waals surface area contributed by atoms with Crippen LogP contribution >= 0.6 is 23.2 Å². The smallest absolute Gasteiger partial charge is 0.0595 e. The fourth-order valence-corrected chi connectivity index (χ4v) is 3.45. The third-order valence-corrected chi connectivity index (χ3v) is 5.25. The molecule has 0 amide bonds. The van der Waals surface area contributed by atoms with Gasteiger partial charge in [-0.1, -0.05) is 29.3 Å². The zero-order valence-corrected chi connectivity index (χ0v) is 14.7. The van der Waals surface area contributed by atoms with Crippen LogP contribution in [0.25, 0.3) is 0 Å². The first-order chi connectivity index (χ1) is 9.99. The number of piperidine rings is 1. The quantitative estimate of drug-likeness (QED) is 0.837. The monoisotopic (exact) mass is 328 g/mol. The number of nitrogens with one attached hydrogen (secondary N) is 1. The Labute approximate surface area is 138 Å². The van der Waals surface area contributed by atoms with Crippen molar-refractivity contribution in [2.75, 3.05) is 19.6 Å². The van der Waals surface area contributed by atoms with E-state index in [-0.39, 0.29) is 0 Å². The summed E-state index contributed by atoms with van der Waals surface area (Å²) in [4.78, 5) is 2.58. The average molecular weight is 329 g/mol. The SMILES string of the molecule is CC(C)N(CC1CCNCC1)C(C)c1ccc(Cl)c(Cl)c1. The molecule has 1 atom stereocenters. The minimum absolute atomic E-state index is 0.356. The summed E-state index contributed by atoms with van der Waals surface area (Å²) < 4.78 is 0. The van der Waals surface area contributed by atoms with Gasteiger partial charge in [0.15, 0.2) is 0 Å². The first kappa shape index (κ1) is 17.1. The summed E-state index contributed by atoms with van der Waals surface area (Å²) in [5.41, 5.74) is 1.24. The van der Waals surface area contributed by atoms with E-state index in [0.717, 1.165) is 25.6 Å². The number of halogens is 2. The van der Waals surface area contributed by atoms with Crippen LogP contribution < -0.4 is 5.32 Å². The van der Waals surface area contributed by atoms with Crippen molar-refractivity contribution < 1.29 is 0 Å². The Morgan fingerprint density at radius 3 is 2.38 bits per heavy atom. The molecule has 0 spiro atoms. The highest BCUT2D eigenvalue weighted by molar-refractivity contribution is 6.42. The van der Waals surface area contributed by atoms with Gasteiger partial charge in [-0.25, -0.2) is 0 Å². The molecule has 1 unspecified atom stereocenters. The summed E-state index contributed by atoms with van der Waals surface area (Å²) >= 11 is 12.2. The van der Waals surface area contributed by atoms with E-state index >= 15 is 0 Å². The van der Waals surface area contributed by atoms with E-state index in [2.05, 4.69) is 37.1 Å². The summed E-state index contributed by atoms with van der Waals surface area (Å²) in [5.74, 6) is 0.791. The number of rotatable bonds is 5. The van der Waals surface area contributed by atoms with Crippen molar-refractivity contribution in [1.29, 1.82) is 0 Å².